The first kappa shape index (κ1) is 21.7. The first-order chi connectivity index (χ1) is 14.9. The van der Waals surface area contributed by atoms with Gasteiger partial charge in [0, 0.05) is 37.4 Å². The Balaban J connectivity index is 1.54. The van der Waals surface area contributed by atoms with Crippen molar-refractivity contribution >= 4 is 41.1 Å². The molecule has 0 radical (unpaired) electrons. The molecular formula is C22H27N3O5S. The van der Waals surface area contributed by atoms with Crippen LogP contribution >= 0.6 is 11.8 Å². The molecule has 0 aliphatic carbocycles. The summed E-state index contributed by atoms with van der Waals surface area (Å²) in [6, 6.07) is 6.52. The molecule has 31 heavy (non-hydrogen) atoms. The van der Waals surface area contributed by atoms with Gasteiger partial charge in [0.15, 0.2) is 0 Å². The molecule has 3 aliphatic rings. The van der Waals surface area contributed by atoms with Gasteiger partial charge in [-0.05, 0) is 32.4 Å². The van der Waals surface area contributed by atoms with Crippen molar-refractivity contribution in [1.82, 2.24) is 9.80 Å². The lowest BCUT2D eigenvalue weighted by atomic mass is 9.98. The summed E-state index contributed by atoms with van der Waals surface area (Å²) in [5.41, 5.74) is 0.318. The van der Waals surface area contributed by atoms with Gasteiger partial charge in [0.05, 0.1) is 17.9 Å². The van der Waals surface area contributed by atoms with Crippen LogP contribution in [0, 0.1) is 0 Å². The minimum absolute atomic E-state index is 0.0193. The maximum atomic E-state index is 13.3. The number of anilines is 1. The zero-order chi connectivity index (χ0) is 22.2. The van der Waals surface area contributed by atoms with E-state index in [1.807, 2.05) is 13.0 Å². The van der Waals surface area contributed by atoms with Crippen molar-refractivity contribution in [2.75, 3.05) is 36.1 Å². The Morgan fingerprint density at radius 2 is 2.03 bits per heavy atom. The number of esters is 1. The number of para-hydroxylation sites is 1. The van der Waals surface area contributed by atoms with E-state index in [0.717, 1.165) is 5.75 Å². The normalized spacial score (nSPS) is 25.4. The van der Waals surface area contributed by atoms with Gasteiger partial charge in [-0.2, -0.15) is 11.8 Å². The van der Waals surface area contributed by atoms with Gasteiger partial charge in [-0.1, -0.05) is 12.1 Å². The van der Waals surface area contributed by atoms with Crippen molar-refractivity contribution in [1.29, 1.82) is 0 Å². The average Bonchev–Trinajstić information content (AvgIpc) is 3.08. The second kappa shape index (κ2) is 8.53. The van der Waals surface area contributed by atoms with Gasteiger partial charge in [-0.25, -0.2) is 4.79 Å². The van der Waals surface area contributed by atoms with Crippen LogP contribution < -0.4 is 4.90 Å². The Labute approximate surface area is 185 Å². The van der Waals surface area contributed by atoms with Crippen molar-refractivity contribution in [3.05, 3.63) is 29.8 Å². The van der Waals surface area contributed by atoms with Crippen LogP contribution in [0.25, 0.3) is 0 Å². The van der Waals surface area contributed by atoms with Gasteiger partial charge < -0.3 is 14.5 Å². The quantitative estimate of drug-likeness (QED) is 0.644. The summed E-state index contributed by atoms with van der Waals surface area (Å²) < 4.78 is 5.14. The first-order valence-electron chi connectivity index (χ1n) is 10.7. The van der Waals surface area contributed by atoms with Crippen molar-refractivity contribution in [2.24, 2.45) is 0 Å². The van der Waals surface area contributed by atoms with Crippen LogP contribution in [-0.4, -0.2) is 76.4 Å². The molecule has 0 spiro atoms. The van der Waals surface area contributed by atoms with Crippen molar-refractivity contribution in [3.63, 3.8) is 0 Å². The summed E-state index contributed by atoms with van der Waals surface area (Å²) >= 11 is 1.63. The van der Waals surface area contributed by atoms with Crippen LogP contribution in [0.4, 0.5) is 5.69 Å². The summed E-state index contributed by atoms with van der Waals surface area (Å²) in [5, 5.41) is 0. The molecule has 1 aromatic rings. The molecular weight excluding hydrogens is 418 g/mol. The fourth-order valence-electron chi connectivity index (χ4n) is 4.73. The van der Waals surface area contributed by atoms with Gasteiger partial charge in [-0.15, -0.1) is 0 Å². The summed E-state index contributed by atoms with van der Waals surface area (Å²) in [6.45, 7) is 4.56. The number of fused-ring (bicyclic) bond motifs is 3. The maximum Gasteiger partial charge on any atom is 0.329 e. The van der Waals surface area contributed by atoms with E-state index < -0.39 is 11.7 Å². The molecule has 4 rings (SSSR count). The molecule has 1 aromatic carbocycles. The van der Waals surface area contributed by atoms with E-state index in [1.165, 1.54) is 0 Å². The Hall–Kier alpha value is -2.55. The van der Waals surface area contributed by atoms with Gasteiger partial charge in [0.1, 0.15) is 11.7 Å². The highest BCUT2D eigenvalue weighted by molar-refractivity contribution is 7.99. The largest absolute Gasteiger partial charge is 0.464 e. The van der Waals surface area contributed by atoms with E-state index in [0.29, 0.717) is 36.4 Å². The van der Waals surface area contributed by atoms with E-state index in [2.05, 4.69) is 0 Å². The first-order valence-corrected chi connectivity index (χ1v) is 11.8. The molecule has 0 unspecified atom stereocenters. The van der Waals surface area contributed by atoms with Crippen LogP contribution in [-0.2, 0) is 19.1 Å². The van der Waals surface area contributed by atoms with E-state index >= 15 is 0 Å². The summed E-state index contributed by atoms with van der Waals surface area (Å²) in [7, 11) is 0. The minimum atomic E-state index is -0.791. The van der Waals surface area contributed by atoms with E-state index in [1.54, 1.807) is 51.6 Å². The highest BCUT2D eigenvalue weighted by Gasteiger charge is 2.53. The zero-order valence-corrected chi connectivity index (χ0v) is 18.7. The fraction of sp³-hybridized carbons (Fsp3) is 0.545. The fourth-order valence-corrected chi connectivity index (χ4v) is 5.76. The molecule has 3 amide bonds. The predicted molar refractivity (Wildman–Crippen MR) is 117 cm³/mol. The van der Waals surface area contributed by atoms with Gasteiger partial charge in [-0.3, -0.25) is 19.3 Å². The van der Waals surface area contributed by atoms with Gasteiger partial charge >= 0.3 is 5.97 Å². The van der Waals surface area contributed by atoms with Crippen LogP contribution in [0.15, 0.2) is 24.3 Å². The topological polar surface area (TPSA) is 87.2 Å². The predicted octanol–water partition coefficient (Wildman–Crippen LogP) is 1.88. The standard InChI is InChI=1S/C22H27N3O5S/c1-3-30-21(29)17-14-31-13-12-23(17)18(26)9-11-24-20(28)15-6-4-5-7-16(15)25-19(27)8-10-22(24,25)2/h4-7,17H,3,8-14H2,1-2H3/t17-,22+/m1/s1. The number of rotatable bonds is 5. The number of ether oxygens (including phenoxy) is 1. The summed E-state index contributed by atoms with van der Waals surface area (Å²) in [5.74, 6) is 0.523. The lowest BCUT2D eigenvalue weighted by molar-refractivity contribution is -0.154. The monoisotopic (exact) mass is 445 g/mol. The molecule has 2 fully saturated rings. The Kier molecular flexibility index (Phi) is 5.96. The smallest absolute Gasteiger partial charge is 0.329 e. The number of thioether (sulfide) groups is 1. The lowest BCUT2D eigenvalue weighted by Crippen LogP contribution is -2.62. The molecule has 0 N–H and O–H groups in total. The molecule has 166 valence electrons. The molecule has 8 nitrogen and oxygen atoms in total. The number of amides is 3. The third-order valence-electron chi connectivity index (χ3n) is 6.30. The highest BCUT2D eigenvalue weighted by Crippen LogP contribution is 2.44. The second-order valence-electron chi connectivity index (χ2n) is 8.10. The van der Waals surface area contributed by atoms with Crippen LogP contribution in [0.5, 0.6) is 0 Å². The van der Waals surface area contributed by atoms with E-state index in [9.17, 15) is 19.2 Å². The lowest BCUT2D eigenvalue weighted by Gasteiger charge is -2.48. The molecule has 2 saturated heterocycles. The Morgan fingerprint density at radius 1 is 1.26 bits per heavy atom. The molecule has 2 atom stereocenters. The van der Waals surface area contributed by atoms with Crippen LogP contribution in [0.1, 0.15) is 43.5 Å². The summed E-state index contributed by atoms with van der Waals surface area (Å²) in [4.78, 5) is 56.3. The third kappa shape index (κ3) is 3.69. The summed E-state index contributed by atoms with van der Waals surface area (Å²) in [6.07, 6.45) is 0.967. The van der Waals surface area contributed by atoms with Crippen LogP contribution in [0.3, 0.4) is 0 Å². The molecule has 9 heteroatoms. The van der Waals surface area contributed by atoms with Crippen LogP contribution in [0.2, 0.25) is 0 Å². The number of hydrogen-bond acceptors (Lipinski definition) is 6. The van der Waals surface area contributed by atoms with Crippen molar-refractivity contribution in [2.45, 2.75) is 44.8 Å². The Bertz CT molecular complexity index is 922. The highest BCUT2D eigenvalue weighted by atomic mass is 32.2. The number of carbonyl (C=O) groups excluding carboxylic acids is 4. The van der Waals surface area contributed by atoms with Crippen molar-refractivity contribution in [3.8, 4) is 0 Å². The number of hydrogen-bond donors (Lipinski definition) is 0. The molecule has 3 heterocycles. The number of nitrogens with zero attached hydrogens (tertiary/aromatic N) is 3. The third-order valence-corrected chi connectivity index (χ3v) is 7.33. The van der Waals surface area contributed by atoms with E-state index in [-0.39, 0.29) is 43.3 Å². The molecule has 0 saturated carbocycles. The van der Waals surface area contributed by atoms with E-state index in [4.69, 9.17) is 4.74 Å². The maximum absolute atomic E-state index is 13.3. The van der Waals surface area contributed by atoms with Gasteiger partial charge in [0.25, 0.3) is 5.91 Å². The molecule has 0 aromatic heterocycles. The minimum Gasteiger partial charge on any atom is -0.464 e. The number of benzene rings is 1. The van der Waals surface area contributed by atoms with Crippen molar-refractivity contribution < 1.29 is 23.9 Å². The molecule has 3 aliphatic heterocycles. The SMILES string of the molecule is CCOC(=O)[C@H]1CSCCN1C(=O)CCN1C(=O)c2ccccc2N2C(=O)CC[C@@]12C. The molecule has 0 bridgehead atoms. The number of carbonyl (C=O) groups is 4. The Morgan fingerprint density at radius 3 is 2.81 bits per heavy atom. The zero-order valence-electron chi connectivity index (χ0n) is 17.8. The second-order valence-corrected chi connectivity index (χ2v) is 9.25. The van der Waals surface area contributed by atoms with Gasteiger partial charge in [0.2, 0.25) is 11.8 Å². The average molecular weight is 446 g/mol.